The van der Waals surface area contributed by atoms with E-state index < -0.39 is 0 Å². The molecule has 1 nitrogen and oxygen atoms in total. The van der Waals surface area contributed by atoms with Crippen molar-refractivity contribution in [3.05, 3.63) is 0 Å². The first-order valence-electron chi connectivity index (χ1n) is 6.93. The van der Waals surface area contributed by atoms with Crippen molar-refractivity contribution in [2.75, 3.05) is 0 Å². The van der Waals surface area contributed by atoms with Gasteiger partial charge in [0.25, 0.3) is 0 Å². The third-order valence-corrected chi connectivity index (χ3v) is 3.05. The van der Waals surface area contributed by atoms with Crippen LogP contribution in [0.25, 0.3) is 0 Å². The molecule has 0 aliphatic rings. The normalized spacial score (nSPS) is 15.2. The quantitative estimate of drug-likeness (QED) is 0.500. The molecule has 0 fully saturated rings. The molecule has 0 radical (unpaired) electrons. The van der Waals surface area contributed by atoms with Crippen LogP contribution < -0.4 is 0 Å². The third-order valence-electron chi connectivity index (χ3n) is 3.05. The number of hydrogen-bond donors (Lipinski definition) is 0. The average Bonchev–Trinajstić information content (AvgIpc) is 2.28. The van der Waals surface area contributed by atoms with E-state index in [1.807, 2.05) is 0 Å². The summed E-state index contributed by atoms with van der Waals surface area (Å²) in [6, 6.07) is 0. The van der Waals surface area contributed by atoms with Gasteiger partial charge in [0.05, 0.1) is 12.2 Å². The van der Waals surface area contributed by atoms with Crippen LogP contribution >= 0.6 is 0 Å². The van der Waals surface area contributed by atoms with E-state index in [1.165, 1.54) is 51.4 Å². The number of hydrogen-bond acceptors (Lipinski definition) is 1. The fraction of sp³-hybridized carbons (Fsp3) is 1.00. The molecule has 0 aromatic rings. The average molecular weight is 214 g/mol. The predicted molar refractivity (Wildman–Crippen MR) is 68.3 cm³/mol. The molecule has 0 saturated carbocycles. The van der Waals surface area contributed by atoms with Gasteiger partial charge in [0.1, 0.15) is 0 Å². The molecule has 0 N–H and O–H groups in total. The monoisotopic (exact) mass is 214 g/mol. The molecule has 0 aliphatic heterocycles. The zero-order chi connectivity index (χ0) is 11.5. The molecule has 0 aromatic heterocycles. The minimum atomic E-state index is 0.506. The highest BCUT2D eigenvalue weighted by Gasteiger charge is 2.12. The molecule has 92 valence electrons. The van der Waals surface area contributed by atoms with E-state index in [2.05, 4.69) is 27.7 Å². The molecule has 2 atom stereocenters. The Morgan fingerprint density at radius 3 is 1.40 bits per heavy atom. The van der Waals surface area contributed by atoms with Gasteiger partial charge in [0.2, 0.25) is 0 Å². The predicted octanol–water partition coefficient (Wildman–Crippen LogP) is 4.94. The Hall–Kier alpha value is -0.0400. The summed E-state index contributed by atoms with van der Waals surface area (Å²) in [5, 5.41) is 0. The second kappa shape index (κ2) is 10.5. The smallest absolute Gasteiger partial charge is 0.0576 e. The lowest BCUT2D eigenvalue weighted by atomic mass is 10.1. The Morgan fingerprint density at radius 1 is 0.733 bits per heavy atom. The Balaban J connectivity index is 3.77. The van der Waals surface area contributed by atoms with Crippen molar-refractivity contribution in [3.8, 4) is 0 Å². The topological polar surface area (TPSA) is 9.23 Å². The van der Waals surface area contributed by atoms with Gasteiger partial charge in [-0.2, -0.15) is 0 Å². The van der Waals surface area contributed by atoms with Crippen LogP contribution in [-0.4, -0.2) is 12.2 Å². The van der Waals surface area contributed by atoms with E-state index in [1.54, 1.807) is 0 Å². The van der Waals surface area contributed by atoms with Gasteiger partial charge in [-0.15, -0.1) is 0 Å². The Kier molecular flexibility index (Phi) is 10.4. The van der Waals surface area contributed by atoms with E-state index in [0.717, 1.165) is 0 Å². The molecule has 0 spiro atoms. The van der Waals surface area contributed by atoms with Crippen molar-refractivity contribution in [1.82, 2.24) is 0 Å². The molecule has 2 unspecified atom stereocenters. The van der Waals surface area contributed by atoms with E-state index in [9.17, 15) is 0 Å². The van der Waals surface area contributed by atoms with Gasteiger partial charge in [-0.05, 0) is 25.7 Å². The van der Waals surface area contributed by atoms with Gasteiger partial charge in [0, 0.05) is 0 Å². The molecule has 15 heavy (non-hydrogen) atoms. The lowest BCUT2D eigenvalue weighted by molar-refractivity contribution is -0.0253. The SMILES string of the molecule is CCCCC(CC)OC(CC)CCCC. The molecular formula is C14H30O. The summed E-state index contributed by atoms with van der Waals surface area (Å²) in [7, 11) is 0. The van der Waals surface area contributed by atoms with E-state index >= 15 is 0 Å². The summed E-state index contributed by atoms with van der Waals surface area (Å²) >= 11 is 0. The van der Waals surface area contributed by atoms with Crippen LogP contribution in [0.3, 0.4) is 0 Å². The van der Waals surface area contributed by atoms with Crippen LogP contribution in [0.2, 0.25) is 0 Å². The van der Waals surface area contributed by atoms with Gasteiger partial charge in [-0.25, -0.2) is 0 Å². The molecule has 0 heterocycles. The van der Waals surface area contributed by atoms with Crippen molar-refractivity contribution < 1.29 is 4.74 Å². The summed E-state index contributed by atoms with van der Waals surface area (Å²) in [5.74, 6) is 0. The zero-order valence-corrected chi connectivity index (χ0v) is 11.2. The van der Waals surface area contributed by atoms with Crippen LogP contribution in [0.5, 0.6) is 0 Å². The molecule has 0 rings (SSSR count). The summed E-state index contributed by atoms with van der Waals surface area (Å²) < 4.78 is 6.15. The maximum absolute atomic E-state index is 6.15. The molecule has 0 aromatic carbocycles. The third kappa shape index (κ3) is 7.84. The van der Waals surface area contributed by atoms with E-state index in [-0.39, 0.29) is 0 Å². The van der Waals surface area contributed by atoms with Crippen LogP contribution in [0, 0.1) is 0 Å². The second-order valence-corrected chi connectivity index (χ2v) is 4.48. The van der Waals surface area contributed by atoms with Crippen LogP contribution in [0.1, 0.15) is 79.1 Å². The maximum Gasteiger partial charge on any atom is 0.0576 e. The molecule has 0 aliphatic carbocycles. The molecular weight excluding hydrogens is 184 g/mol. The van der Waals surface area contributed by atoms with E-state index in [0.29, 0.717) is 12.2 Å². The summed E-state index contributed by atoms with van der Waals surface area (Å²) in [4.78, 5) is 0. The Morgan fingerprint density at radius 2 is 1.13 bits per heavy atom. The van der Waals surface area contributed by atoms with Gasteiger partial charge < -0.3 is 4.74 Å². The van der Waals surface area contributed by atoms with Crippen molar-refractivity contribution in [1.29, 1.82) is 0 Å². The lowest BCUT2D eigenvalue weighted by Gasteiger charge is -2.23. The minimum absolute atomic E-state index is 0.506. The zero-order valence-electron chi connectivity index (χ0n) is 11.2. The number of ether oxygens (including phenoxy) is 1. The first-order valence-corrected chi connectivity index (χ1v) is 6.93. The van der Waals surface area contributed by atoms with Crippen LogP contribution in [-0.2, 0) is 4.74 Å². The number of rotatable bonds is 10. The van der Waals surface area contributed by atoms with Gasteiger partial charge in [0.15, 0.2) is 0 Å². The fourth-order valence-electron chi connectivity index (χ4n) is 1.87. The molecule has 0 amide bonds. The second-order valence-electron chi connectivity index (χ2n) is 4.48. The fourth-order valence-corrected chi connectivity index (χ4v) is 1.87. The highest BCUT2D eigenvalue weighted by Crippen LogP contribution is 2.16. The Labute approximate surface area is 96.6 Å². The van der Waals surface area contributed by atoms with Crippen molar-refractivity contribution in [2.45, 2.75) is 91.3 Å². The minimum Gasteiger partial charge on any atom is -0.375 e. The first kappa shape index (κ1) is 15.0. The highest BCUT2D eigenvalue weighted by molar-refractivity contribution is 4.62. The first-order chi connectivity index (χ1) is 7.28. The van der Waals surface area contributed by atoms with E-state index in [4.69, 9.17) is 4.74 Å². The standard InChI is InChI=1S/C14H30O/c1-5-9-11-13(7-3)15-14(8-4)12-10-6-2/h13-14H,5-12H2,1-4H3. The van der Waals surface area contributed by atoms with Crippen molar-refractivity contribution in [3.63, 3.8) is 0 Å². The highest BCUT2D eigenvalue weighted by atomic mass is 16.5. The molecule has 0 bridgehead atoms. The number of unbranched alkanes of at least 4 members (excludes halogenated alkanes) is 2. The van der Waals surface area contributed by atoms with Crippen molar-refractivity contribution >= 4 is 0 Å². The van der Waals surface area contributed by atoms with Crippen LogP contribution in [0.4, 0.5) is 0 Å². The van der Waals surface area contributed by atoms with Crippen LogP contribution in [0.15, 0.2) is 0 Å². The summed E-state index contributed by atoms with van der Waals surface area (Å²) in [6.45, 7) is 8.99. The molecule has 0 saturated heterocycles. The molecule has 1 heteroatoms. The van der Waals surface area contributed by atoms with Crippen molar-refractivity contribution in [2.24, 2.45) is 0 Å². The van der Waals surface area contributed by atoms with Gasteiger partial charge in [-0.3, -0.25) is 0 Å². The largest absolute Gasteiger partial charge is 0.375 e. The van der Waals surface area contributed by atoms with Gasteiger partial charge in [-0.1, -0.05) is 53.4 Å². The Bertz CT molecular complexity index is 109. The summed E-state index contributed by atoms with van der Waals surface area (Å²) in [5.41, 5.74) is 0. The summed E-state index contributed by atoms with van der Waals surface area (Å²) in [6.07, 6.45) is 11.0. The van der Waals surface area contributed by atoms with Gasteiger partial charge >= 0.3 is 0 Å². The lowest BCUT2D eigenvalue weighted by Crippen LogP contribution is -2.21. The maximum atomic E-state index is 6.15.